The molecule has 27 heavy (non-hydrogen) atoms. The molecule has 1 N–H and O–H groups in total. The number of allylic oxidation sites excluding steroid dienone is 4. The normalized spacial score (nSPS) is 24.2. The predicted molar refractivity (Wildman–Crippen MR) is 104 cm³/mol. The van der Waals surface area contributed by atoms with E-state index < -0.39 is 12.0 Å². The van der Waals surface area contributed by atoms with E-state index in [2.05, 4.69) is 4.99 Å². The molecule has 6 nitrogen and oxygen atoms in total. The van der Waals surface area contributed by atoms with Gasteiger partial charge in [-0.05, 0) is 18.2 Å². The van der Waals surface area contributed by atoms with Gasteiger partial charge in [0.15, 0.2) is 6.40 Å². The minimum absolute atomic E-state index is 0.338. The monoisotopic (exact) mass is 364 g/mol. The maximum absolute atomic E-state index is 11.5. The lowest BCUT2D eigenvalue weighted by molar-refractivity contribution is -0.140. The number of benzene rings is 1. The van der Waals surface area contributed by atoms with Crippen LogP contribution in [-0.4, -0.2) is 41.6 Å². The Morgan fingerprint density at radius 2 is 2.04 bits per heavy atom. The van der Waals surface area contributed by atoms with Crippen LogP contribution in [0.5, 0.6) is 5.75 Å². The summed E-state index contributed by atoms with van der Waals surface area (Å²) in [5.41, 5.74) is 0.905. The van der Waals surface area contributed by atoms with Crippen LogP contribution in [0.25, 0.3) is 6.08 Å². The van der Waals surface area contributed by atoms with E-state index in [1.54, 1.807) is 17.2 Å². The van der Waals surface area contributed by atoms with Crippen LogP contribution in [0, 0.1) is 0 Å². The fourth-order valence-electron chi connectivity index (χ4n) is 2.60. The van der Waals surface area contributed by atoms with Gasteiger partial charge in [0.05, 0.1) is 6.54 Å². The van der Waals surface area contributed by atoms with Crippen LogP contribution in [0.2, 0.25) is 0 Å². The number of hydrogen-bond donors (Lipinski definition) is 1. The number of ether oxygens (including phenoxy) is 2. The van der Waals surface area contributed by atoms with Crippen molar-refractivity contribution in [2.24, 2.45) is 4.99 Å². The Morgan fingerprint density at radius 3 is 2.93 bits per heavy atom. The molecule has 2 aliphatic heterocycles. The van der Waals surface area contributed by atoms with Crippen molar-refractivity contribution in [3.63, 3.8) is 0 Å². The Labute approximate surface area is 157 Å². The van der Waals surface area contributed by atoms with E-state index in [1.165, 1.54) is 12.6 Å². The van der Waals surface area contributed by atoms with Gasteiger partial charge in [-0.1, -0.05) is 48.6 Å². The molecule has 0 saturated carbocycles. The zero-order valence-electron chi connectivity index (χ0n) is 14.6. The first-order chi connectivity index (χ1) is 13.2. The molecule has 1 aromatic rings. The number of carbonyl (C=O) groups is 1. The summed E-state index contributed by atoms with van der Waals surface area (Å²) in [5.74, 6) is 0.298. The largest absolute Gasteiger partial charge is 0.479 e. The Bertz CT molecular complexity index is 849. The summed E-state index contributed by atoms with van der Waals surface area (Å²) in [7, 11) is 0. The van der Waals surface area contributed by atoms with E-state index >= 15 is 0 Å². The fourth-order valence-corrected chi connectivity index (χ4v) is 2.60. The van der Waals surface area contributed by atoms with Gasteiger partial charge < -0.3 is 19.5 Å². The second kappa shape index (κ2) is 9.24. The smallest absolute Gasteiger partial charge is 0.330 e. The molecule has 0 aliphatic carbocycles. The van der Waals surface area contributed by atoms with Gasteiger partial charge in [0, 0.05) is 18.0 Å². The summed E-state index contributed by atoms with van der Waals surface area (Å²) in [6.45, 7) is 0.736. The molecule has 6 heteroatoms. The number of carboxylic acid groups (broad SMARTS) is 1. The number of aliphatic imine (C=N–C) groups is 1. The first kappa shape index (κ1) is 18.3. The lowest BCUT2D eigenvalue weighted by Gasteiger charge is -2.18. The highest BCUT2D eigenvalue weighted by molar-refractivity contribution is 5.77. The first-order valence-corrected chi connectivity index (χ1v) is 8.50. The molecule has 0 amide bonds. The number of aliphatic carboxylic acids is 1. The van der Waals surface area contributed by atoms with Crippen molar-refractivity contribution in [1.82, 2.24) is 4.90 Å². The molecule has 0 spiro atoms. The molecule has 2 bridgehead atoms. The molecule has 0 radical (unpaired) electrons. The van der Waals surface area contributed by atoms with Crippen molar-refractivity contribution >= 4 is 18.4 Å². The van der Waals surface area contributed by atoms with Gasteiger partial charge in [-0.15, -0.1) is 0 Å². The molecule has 0 saturated heterocycles. The van der Waals surface area contributed by atoms with Crippen LogP contribution >= 0.6 is 0 Å². The number of hydrogen-bond acceptors (Lipinski definition) is 5. The van der Waals surface area contributed by atoms with Gasteiger partial charge in [0.1, 0.15) is 24.2 Å². The van der Waals surface area contributed by atoms with Crippen molar-refractivity contribution in [3.05, 3.63) is 84.4 Å². The second-order valence-corrected chi connectivity index (χ2v) is 5.79. The van der Waals surface area contributed by atoms with Crippen molar-refractivity contribution in [2.75, 3.05) is 13.2 Å². The quantitative estimate of drug-likeness (QED) is 0.827. The third-order valence-corrected chi connectivity index (χ3v) is 3.87. The molecular weight excluding hydrogens is 344 g/mol. The van der Waals surface area contributed by atoms with E-state index in [4.69, 9.17) is 9.47 Å². The highest BCUT2D eigenvalue weighted by atomic mass is 16.5. The minimum atomic E-state index is -0.951. The number of rotatable bonds is 1. The third kappa shape index (κ3) is 5.22. The van der Waals surface area contributed by atoms with E-state index in [0.29, 0.717) is 24.7 Å². The zero-order valence-corrected chi connectivity index (χ0v) is 14.6. The molecule has 1 unspecified atom stereocenters. The summed E-state index contributed by atoms with van der Waals surface area (Å²) >= 11 is 0. The van der Waals surface area contributed by atoms with Gasteiger partial charge in [0.2, 0.25) is 0 Å². The number of nitrogens with zero attached hydrogens (tertiary/aromatic N) is 2. The zero-order chi connectivity index (χ0) is 18.9. The standard InChI is InChI=1S/C21H20N2O4/c24-21(25)19-14-18-15-23(19)12-11-22-16-26-13-7-3-1-2-4-8-17-9-5-6-10-20(17)27-18/h1-12,14,16,19H,13,15H2,(H,24,25)/b2-1+,7-3+,8-4-,12-11+,22-16?. The van der Waals surface area contributed by atoms with Gasteiger partial charge in [-0.3, -0.25) is 0 Å². The van der Waals surface area contributed by atoms with Crippen molar-refractivity contribution in [2.45, 2.75) is 6.04 Å². The Morgan fingerprint density at radius 1 is 1.19 bits per heavy atom. The summed E-state index contributed by atoms with van der Waals surface area (Å²) in [6, 6.07) is 6.81. The van der Waals surface area contributed by atoms with E-state index in [9.17, 15) is 9.90 Å². The van der Waals surface area contributed by atoms with E-state index in [1.807, 2.05) is 60.7 Å². The second-order valence-electron chi connectivity index (χ2n) is 5.79. The Hall–Kier alpha value is -3.54. The number of carboxylic acids is 1. The molecule has 0 aromatic heterocycles. The topological polar surface area (TPSA) is 71.4 Å². The van der Waals surface area contributed by atoms with Crippen LogP contribution in [0.3, 0.4) is 0 Å². The molecule has 0 fully saturated rings. The van der Waals surface area contributed by atoms with Crippen LogP contribution in [-0.2, 0) is 9.53 Å². The Balaban J connectivity index is 1.89. The van der Waals surface area contributed by atoms with Gasteiger partial charge in [-0.2, -0.15) is 0 Å². The fraction of sp³-hybridized carbons (Fsp3) is 0.143. The van der Waals surface area contributed by atoms with Crippen LogP contribution in [0.15, 0.2) is 83.9 Å². The lowest BCUT2D eigenvalue weighted by Crippen LogP contribution is -2.32. The first-order valence-electron chi connectivity index (χ1n) is 8.50. The van der Waals surface area contributed by atoms with E-state index in [0.717, 1.165) is 5.56 Å². The summed E-state index contributed by atoms with van der Waals surface area (Å²) in [5, 5.41) is 9.45. The molecule has 2 heterocycles. The number of para-hydroxylation sites is 1. The molecule has 1 aromatic carbocycles. The number of fused-ring (bicyclic) bond motifs is 3. The average molecular weight is 364 g/mol. The highest BCUT2D eigenvalue weighted by Gasteiger charge is 2.29. The predicted octanol–water partition coefficient (Wildman–Crippen LogP) is 3.37. The summed E-state index contributed by atoms with van der Waals surface area (Å²) < 4.78 is 11.2. The third-order valence-electron chi connectivity index (χ3n) is 3.87. The Kier molecular flexibility index (Phi) is 6.25. The van der Waals surface area contributed by atoms with Crippen molar-refractivity contribution < 1.29 is 19.4 Å². The molecule has 138 valence electrons. The van der Waals surface area contributed by atoms with Crippen molar-refractivity contribution in [1.29, 1.82) is 0 Å². The van der Waals surface area contributed by atoms with E-state index in [-0.39, 0.29) is 0 Å². The van der Waals surface area contributed by atoms with Gasteiger partial charge in [0.25, 0.3) is 0 Å². The molecule has 3 rings (SSSR count). The maximum atomic E-state index is 11.5. The van der Waals surface area contributed by atoms with Gasteiger partial charge >= 0.3 is 5.97 Å². The average Bonchev–Trinajstić information content (AvgIpc) is 3.06. The molecular formula is C21H20N2O4. The minimum Gasteiger partial charge on any atom is -0.479 e. The molecule has 1 atom stereocenters. The lowest BCUT2D eigenvalue weighted by atomic mass is 10.2. The van der Waals surface area contributed by atoms with Crippen molar-refractivity contribution in [3.8, 4) is 5.75 Å². The van der Waals surface area contributed by atoms with Gasteiger partial charge in [-0.25, -0.2) is 9.79 Å². The maximum Gasteiger partial charge on any atom is 0.330 e. The van der Waals surface area contributed by atoms with Crippen LogP contribution < -0.4 is 4.74 Å². The SMILES string of the molecule is O=C(O)C1C=C2CN1/C=C/N=COC/C=C/C=C/C=C\c1ccccc1O2. The summed E-state index contributed by atoms with van der Waals surface area (Å²) in [4.78, 5) is 17.2. The summed E-state index contributed by atoms with van der Waals surface area (Å²) in [6.07, 6.45) is 17.4. The van der Waals surface area contributed by atoms with Crippen LogP contribution in [0.1, 0.15) is 5.56 Å². The highest BCUT2D eigenvalue weighted by Crippen LogP contribution is 2.25. The molecule has 2 aliphatic rings. The van der Waals surface area contributed by atoms with Crippen LogP contribution in [0.4, 0.5) is 0 Å².